The third-order valence-corrected chi connectivity index (χ3v) is 2.82. The second-order valence-corrected chi connectivity index (χ2v) is 4.36. The number of hydrogen-bond donors (Lipinski definition) is 0. The monoisotopic (exact) mass is 251 g/mol. The van der Waals surface area contributed by atoms with E-state index in [4.69, 9.17) is 4.74 Å². The summed E-state index contributed by atoms with van der Waals surface area (Å²) in [6, 6.07) is 15.9. The predicted molar refractivity (Wildman–Crippen MR) is 79.7 cm³/mol. The van der Waals surface area contributed by atoms with E-state index in [1.165, 1.54) is 0 Å². The summed E-state index contributed by atoms with van der Waals surface area (Å²) >= 11 is 0. The second-order valence-electron chi connectivity index (χ2n) is 4.36. The number of benzene rings is 2. The average Bonchev–Trinajstić information content (AvgIpc) is 2.45. The number of ether oxygens (including phenoxy) is 1. The van der Waals surface area contributed by atoms with E-state index in [0.29, 0.717) is 0 Å². The van der Waals surface area contributed by atoms with Crippen molar-refractivity contribution in [1.29, 1.82) is 0 Å². The Morgan fingerprint density at radius 3 is 2.11 bits per heavy atom. The Labute approximate surface area is 114 Å². The maximum atomic E-state index is 5.30. The lowest BCUT2D eigenvalue weighted by molar-refractivity contribution is 0.413. The van der Waals surface area contributed by atoms with E-state index in [1.807, 2.05) is 56.6 Å². The summed E-state index contributed by atoms with van der Waals surface area (Å²) < 4.78 is 5.30. The van der Waals surface area contributed by atoms with E-state index in [2.05, 4.69) is 22.8 Å². The number of hydrogen-bond acceptors (Lipinski definition) is 2. The van der Waals surface area contributed by atoms with Crippen LogP contribution in [0.5, 0.6) is 5.75 Å². The Kier molecular flexibility index (Phi) is 4.10. The molecule has 0 spiro atoms. The average molecular weight is 251 g/mol. The molecule has 0 fully saturated rings. The molecule has 2 aromatic rings. The molecule has 0 amide bonds. The maximum absolute atomic E-state index is 5.30. The van der Waals surface area contributed by atoms with Gasteiger partial charge in [-0.1, -0.05) is 36.1 Å². The highest BCUT2D eigenvalue weighted by Crippen LogP contribution is 2.18. The third kappa shape index (κ3) is 3.08. The summed E-state index contributed by atoms with van der Waals surface area (Å²) in [6.45, 7) is 0. The molecule has 2 aromatic carbocycles. The van der Waals surface area contributed by atoms with Gasteiger partial charge in [0.15, 0.2) is 0 Å². The van der Waals surface area contributed by atoms with Gasteiger partial charge in [-0.15, -0.1) is 0 Å². The molecule has 0 aliphatic rings. The van der Waals surface area contributed by atoms with E-state index >= 15 is 0 Å². The molecular formula is C17H17NO. The fourth-order valence-corrected chi connectivity index (χ4v) is 1.85. The van der Waals surface area contributed by atoms with Crippen molar-refractivity contribution >= 4 is 5.69 Å². The van der Waals surface area contributed by atoms with Crippen LogP contribution in [0.4, 0.5) is 5.69 Å². The number of nitrogens with zero attached hydrogens (tertiary/aromatic N) is 1. The van der Waals surface area contributed by atoms with Gasteiger partial charge in [0.25, 0.3) is 0 Å². The van der Waals surface area contributed by atoms with Gasteiger partial charge in [0.05, 0.1) is 18.4 Å². The molecule has 2 nitrogen and oxygen atoms in total. The number of anilines is 1. The molecule has 0 atom stereocenters. The first-order valence-corrected chi connectivity index (χ1v) is 6.14. The normalized spacial score (nSPS) is 9.42. The summed E-state index contributed by atoms with van der Waals surface area (Å²) in [5, 5.41) is 0. The zero-order valence-corrected chi connectivity index (χ0v) is 11.5. The molecule has 0 aromatic heterocycles. The zero-order valence-electron chi connectivity index (χ0n) is 11.5. The van der Waals surface area contributed by atoms with Gasteiger partial charge in [-0.25, -0.2) is 0 Å². The van der Waals surface area contributed by atoms with Gasteiger partial charge in [-0.05, 0) is 24.3 Å². The Morgan fingerprint density at radius 1 is 0.842 bits per heavy atom. The lowest BCUT2D eigenvalue weighted by Crippen LogP contribution is -2.10. The van der Waals surface area contributed by atoms with Crippen molar-refractivity contribution in [3.05, 3.63) is 59.7 Å². The van der Waals surface area contributed by atoms with Crippen molar-refractivity contribution in [3.63, 3.8) is 0 Å². The summed E-state index contributed by atoms with van der Waals surface area (Å²) in [6.07, 6.45) is 0. The summed E-state index contributed by atoms with van der Waals surface area (Å²) in [4.78, 5) is 2.06. The molecule has 0 aliphatic carbocycles. The van der Waals surface area contributed by atoms with Crippen molar-refractivity contribution in [2.45, 2.75) is 0 Å². The number of para-hydroxylation sites is 2. The van der Waals surface area contributed by atoms with Crippen LogP contribution in [0.15, 0.2) is 48.5 Å². The fraction of sp³-hybridized carbons (Fsp3) is 0.176. The first-order valence-electron chi connectivity index (χ1n) is 6.14. The molecule has 0 bridgehead atoms. The van der Waals surface area contributed by atoms with Gasteiger partial charge in [-0.2, -0.15) is 0 Å². The smallest absolute Gasteiger partial charge is 0.134 e. The van der Waals surface area contributed by atoms with Crippen LogP contribution in [-0.4, -0.2) is 21.2 Å². The minimum absolute atomic E-state index is 0.803. The Morgan fingerprint density at radius 2 is 1.42 bits per heavy atom. The summed E-state index contributed by atoms with van der Waals surface area (Å²) in [5.41, 5.74) is 3.03. The molecule has 96 valence electrons. The lowest BCUT2D eigenvalue weighted by atomic mass is 10.1. The second kappa shape index (κ2) is 5.97. The molecule has 0 saturated carbocycles. The van der Waals surface area contributed by atoms with Crippen molar-refractivity contribution in [1.82, 2.24) is 0 Å². The SMILES string of the molecule is COc1ccccc1C#Cc1ccccc1N(C)C. The molecule has 2 rings (SSSR count). The Hall–Kier alpha value is -2.40. The molecule has 0 radical (unpaired) electrons. The van der Waals surface area contributed by atoms with Crippen molar-refractivity contribution in [2.75, 3.05) is 26.1 Å². The van der Waals surface area contributed by atoms with E-state index < -0.39 is 0 Å². The lowest BCUT2D eigenvalue weighted by Gasteiger charge is -2.13. The van der Waals surface area contributed by atoms with Gasteiger partial charge in [0.1, 0.15) is 5.75 Å². The topological polar surface area (TPSA) is 12.5 Å². The molecule has 0 saturated heterocycles. The fourth-order valence-electron chi connectivity index (χ4n) is 1.85. The molecule has 0 N–H and O–H groups in total. The number of rotatable bonds is 2. The van der Waals surface area contributed by atoms with E-state index in [1.54, 1.807) is 7.11 Å². The Balaban J connectivity index is 2.40. The summed E-state index contributed by atoms with van der Waals surface area (Å²) in [7, 11) is 5.70. The molecule has 19 heavy (non-hydrogen) atoms. The Bertz CT molecular complexity index is 620. The highest BCUT2D eigenvalue weighted by molar-refractivity contribution is 5.61. The van der Waals surface area contributed by atoms with Crippen LogP contribution < -0.4 is 9.64 Å². The van der Waals surface area contributed by atoms with Crippen molar-refractivity contribution in [2.24, 2.45) is 0 Å². The predicted octanol–water partition coefficient (Wildman–Crippen LogP) is 3.16. The largest absolute Gasteiger partial charge is 0.495 e. The van der Waals surface area contributed by atoms with Crippen molar-refractivity contribution in [3.8, 4) is 17.6 Å². The molecule has 2 heteroatoms. The molecule has 0 aliphatic heterocycles. The molecular weight excluding hydrogens is 234 g/mol. The summed E-state index contributed by atoms with van der Waals surface area (Å²) in [5.74, 6) is 7.19. The highest BCUT2D eigenvalue weighted by Gasteiger charge is 2.01. The molecule has 0 heterocycles. The van der Waals surface area contributed by atoms with Crippen molar-refractivity contribution < 1.29 is 4.74 Å². The quantitative estimate of drug-likeness (QED) is 0.760. The third-order valence-electron chi connectivity index (χ3n) is 2.82. The standard InChI is InChI=1S/C17H17NO/c1-18(2)16-10-6-4-8-14(16)12-13-15-9-5-7-11-17(15)19-3/h4-11H,1-3H3. The van der Waals surface area contributed by atoms with Crippen LogP contribution in [0, 0.1) is 11.8 Å². The van der Waals surface area contributed by atoms with E-state index in [-0.39, 0.29) is 0 Å². The molecule has 0 unspecified atom stereocenters. The minimum atomic E-state index is 0.803. The minimum Gasteiger partial charge on any atom is -0.495 e. The van der Waals surface area contributed by atoms with Gasteiger partial charge in [0.2, 0.25) is 0 Å². The van der Waals surface area contributed by atoms with Gasteiger partial charge in [0, 0.05) is 19.7 Å². The van der Waals surface area contributed by atoms with E-state index in [0.717, 1.165) is 22.6 Å². The first kappa shape index (κ1) is 13.0. The van der Waals surface area contributed by atoms with Crippen LogP contribution >= 0.6 is 0 Å². The van der Waals surface area contributed by atoms with E-state index in [9.17, 15) is 0 Å². The number of methoxy groups -OCH3 is 1. The van der Waals surface area contributed by atoms with Crippen LogP contribution in [0.3, 0.4) is 0 Å². The van der Waals surface area contributed by atoms with Crippen LogP contribution in [0.1, 0.15) is 11.1 Å². The van der Waals surface area contributed by atoms with Gasteiger partial charge in [-0.3, -0.25) is 0 Å². The van der Waals surface area contributed by atoms with Gasteiger partial charge < -0.3 is 9.64 Å². The van der Waals surface area contributed by atoms with Crippen LogP contribution in [0.25, 0.3) is 0 Å². The first-order chi connectivity index (χ1) is 9.22. The van der Waals surface area contributed by atoms with Crippen LogP contribution in [-0.2, 0) is 0 Å². The zero-order chi connectivity index (χ0) is 13.7. The van der Waals surface area contributed by atoms with Crippen LogP contribution in [0.2, 0.25) is 0 Å². The van der Waals surface area contributed by atoms with Gasteiger partial charge >= 0.3 is 0 Å². The highest BCUT2D eigenvalue weighted by atomic mass is 16.5. The maximum Gasteiger partial charge on any atom is 0.134 e.